The van der Waals surface area contributed by atoms with Gasteiger partial charge in [-0.15, -0.1) is 0 Å². The minimum atomic E-state index is 0.323. The van der Waals surface area contributed by atoms with Crippen LogP contribution < -0.4 is 0 Å². The van der Waals surface area contributed by atoms with E-state index in [1.165, 1.54) is 12.8 Å². The lowest BCUT2D eigenvalue weighted by Crippen LogP contribution is -2.23. The first-order valence-corrected chi connectivity index (χ1v) is 4.01. The zero-order valence-corrected chi connectivity index (χ0v) is 6.85. The molecule has 0 radical (unpaired) electrons. The second kappa shape index (κ2) is 2.62. The van der Waals surface area contributed by atoms with Gasteiger partial charge < -0.3 is 4.85 Å². The average molecular weight is 137 g/mol. The molecule has 0 bridgehead atoms. The lowest BCUT2D eigenvalue weighted by molar-refractivity contribution is 0.236. The molecule has 10 heavy (non-hydrogen) atoms. The zero-order chi connectivity index (χ0) is 7.61. The van der Waals surface area contributed by atoms with Gasteiger partial charge in [0.2, 0.25) is 6.04 Å². The van der Waals surface area contributed by atoms with Crippen LogP contribution in [0.25, 0.3) is 4.85 Å². The molecule has 0 spiro atoms. The summed E-state index contributed by atoms with van der Waals surface area (Å²) in [4.78, 5) is 3.59. The summed E-state index contributed by atoms with van der Waals surface area (Å²) in [5, 5.41) is 0. The highest BCUT2D eigenvalue weighted by Crippen LogP contribution is 2.36. The number of hydrogen-bond acceptors (Lipinski definition) is 0. The van der Waals surface area contributed by atoms with Crippen molar-refractivity contribution in [2.24, 2.45) is 5.41 Å². The van der Waals surface area contributed by atoms with Crippen LogP contribution in [0.1, 0.15) is 39.5 Å². The van der Waals surface area contributed by atoms with Crippen molar-refractivity contribution >= 4 is 0 Å². The van der Waals surface area contributed by atoms with Crippen molar-refractivity contribution in [3.05, 3.63) is 11.4 Å². The molecule has 0 amide bonds. The Hall–Kier alpha value is -0.510. The molecule has 0 aliphatic heterocycles. The molecule has 1 nitrogen and oxygen atoms in total. The van der Waals surface area contributed by atoms with Crippen LogP contribution in [0.15, 0.2) is 0 Å². The van der Waals surface area contributed by atoms with E-state index in [1.807, 2.05) is 0 Å². The molecule has 0 aromatic heterocycles. The summed E-state index contributed by atoms with van der Waals surface area (Å²) in [7, 11) is 0. The summed E-state index contributed by atoms with van der Waals surface area (Å²) in [5.41, 5.74) is 0.438. The molecule has 1 rings (SSSR count). The van der Waals surface area contributed by atoms with Crippen molar-refractivity contribution in [2.45, 2.75) is 45.6 Å². The maximum absolute atomic E-state index is 6.90. The Kier molecular flexibility index (Phi) is 1.99. The first-order valence-electron chi connectivity index (χ1n) is 4.01. The van der Waals surface area contributed by atoms with Crippen LogP contribution in [0.5, 0.6) is 0 Å². The Morgan fingerprint density at radius 1 is 1.50 bits per heavy atom. The van der Waals surface area contributed by atoms with Gasteiger partial charge in [0.05, 0.1) is 0 Å². The smallest absolute Gasteiger partial charge is 0.224 e. The molecule has 0 aromatic rings. The normalized spacial score (nSPS) is 31.1. The average Bonchev–Trinajstić information content (AvgIpc) is 1.86. The molecule has 1 saturated carbocycles. The van der Waals surface area contributed by atoms with E-state index in [1.54, 1.807) is 0 Å². The van der Waals surface area contributed by atoms with Gasteiger partial charge in [-0.1, -0.05) is 13.8 Å². The van der Waals surface area contributed by atoms with Gasteiger partial charge in [-0.05, 0) is 18.3 Å². The van der Waals surface area contributed by atoms with Gasteiger partial charge in [0.15, 0.2) is 0 Å². The van der Waals surface area contributed by atoms with E-state index in [0.717, 1.165) is 12.8 Å². The molecule has 1 fully saturated rings. The van der Waals surface area contributed by atoms with Crippen molar-refractivity contribution in [2.75, 3.05) is 0 Å². The summed E-state index contributed by atoms with van der Waals surface area (Å²) in [6.45, 7) is 11.4. The van der Waals surface area contributed by atoms with E-state index in [9.17, 15) is 0 Å². The Morgan fingerprint density at radius 2 is 2.20 bits per heavy atom. The standard InChI is InChI=1S/C9H15N/c1-9(2)6-4-5-8(7-9)10-3/h8H,4-7H2,1-2H3. The van der Waals surface area contributed by atoms with Crippen LogP contribution >= 0.6 is 0 Å². The fourth-order valence-electron chi connectivity index (χ4n) is 1.77. The first-order chi connectivity index (χ1) is 4.64. The molecule has 0 N–H and O–H groups in total. The van der Waals surface area contributed by atoms with E-state index in [4.69, 9.17) is 6.57 Å². The second-order valence-electron chi connectivity index (χ2n) is 4.04. The minimum Gasteiger partial charge on any atom is -0.314 e. The summed E-state index contributed by atoms with van der Waals surface area (Å²) >= 11 is 0. The van der Waals surface area contributed by atoms with Crippen molar-refractivity contribution < 1.29 is 0 Å². The van der Waals surface area contributed by atoms with Gasteiger partial charge in [-0.2, -0.15) is 0 Å². The van der Waals surface area contributed by atoms with Gasteiger partial charge in [-0.3, -0.25) is 0 Å². The maximum atomic E-state index is 6.90. The third kappa shape index (κ3) is 1.73. The summed E-state index contributed by atoms with van der Waals surface area (Å²) < 4.78 is 0. The monoisotopic (exact) mass is 137 g/mol. The van der Waals surface area contributed by atoms with Crippen LogP contribution in [0, 0.1) is 12.0 Å². The fraction of sp³-hybridized carbons (Fsp3) is 0.889. The highest BCUT2D eigenvalue weighted by molar-refractivity contribution is 4.89. The number of nitrogens with zero attached hydrogens (tertiary/aromatic N) is 1. The Morgan fingerprint density at radius 3 is 2.60 bits per heavy atom. The third-order valence-corrected chi connectivity index (χ3v) is 2.36. The predicted octanol–water partition coefficient (Wildman–Crippen LogP) is 2.87. The lowest BCUT2D eigenvalue weighted by atomic mass is 9.75. The molecule has 1 aliphatic rings. The number of hydrogen-bond donors (Lipinski definition) is 0. The van der Waals surface area contributed by atoms with E-state index in [2.05, 4.69) is 18.7 Å². The molecule has 1 atom stereocenters. The molecule has 56 valence electrons. The van der Waals surface area contributed by atoms with Gasteiger partial charge in [-0.25, -0.2) is 6.57 Å². The molecule has 0 saturated heterocycles. The molecular formula is C9H15N. The Labute approximate surface area is 63.3 Å². The maximum Gasteiger partial charge on any atom is 0.224 e. The summed E-state index contributed by atoms with van der Waals surface area (Å²) in [5.74, 6) is 0. The summed E-state index contributed by atoms with van der Waals surface area (Å²) in [6, 6.07) is 0.323. The molecular weight excluding hydrogens is 122 g/mol. The van der Waals surface area contributed by atoms with E-state index in [0.29, 0.717) is 11.5 Å². The van der Waals surface area contributed by atoms with Crippen molar-refractivity contribution in [1.29, 1.82) is 0 Å². The fourth-order valence-corrected chi connectivity index (χ4v) is 1.77. The SMILES string of the molecule is [C-]#[N+]C1CCCC(C)(C)C1. The lowest BCUT2D eigenvalue weighted by Gasteiger charge is -2.29. The van der Waals surface area contributed by atoms with Crippen molar-refractivity contribution in [1.82, 2.24) is 0 Å². The van der Waals surface area contributed by atoms with Crippen LogP contribution in [0.4, 0.5) is 0 Å². The molecule has 0 aromatic carbocycles. The van der Waals surface area contributed by atoms with Crippen LogP contribution in [0.2, 0.25) is 0 Å². The zero-order valence-electron chi connectivity index (χ0n) is 6.85. The van der Waals surface area contributed by atoms with Gasteiger partial charge in [0.1, 0.15) is 0 Å². The quantitative estimate of drug-likeness (QED) is 0.452. The van der Waals surface area contributed by atoms with Crippen molar-refractivity contribution in [3.63, 3.8) is 0 Å². The molecule has 1 heteroatoms. The van der Waals surface area contributed by atoms with Crippen LogP contribution in [-0.4, -0.2) is 6.04 Å². The highest BCUT2D eigenvalue weighted by atomic mass is 14.7. The summed E-state index contributed by atoms with van der Waals surface area (Å²) in [6.07, 6.45) is 4.79. The molecule has 0 heterocycles. The van der Waals surface area contributed by atoms with Gasteiger partial charge >= 0.3 is 0 Å². The highest BCUT2D eigenvalue weighted by Gasteiger charge is 2.30. The van der Waals surface area contributed by atoms with E-state index in [-0.39, 0.29) is 0 Å². The second-order valence-corrected chi connectivity index (χ2v) is 4.04. The predicted molar refractivity (Wildman–Crippen MR) is 42.6 cm³/mol. The third-order valence-electron chi connectivity index (χ3n) is 2.36. The van der Waals surface area contributed by atoms with E-state index >= 15 is 0 Å². The van der Waals surface area contributed by atoms with Crippen LogP contribution in [0.3, 0.4) is 0 Å². The first kappa shape index (κ1) is 7.60. The molecule has 1 unspecified atom stereocenters. The van der Waals surface area contributed by atoms with E-state index < -0.39 is 0 Å². The topological polar surface area (TPSA) is 4.36 Å². The van der Waals surface area contributed by atoms with Crippen molar-refractivity contribution in [3.8, 4) is 0 Å². The minimum absolute atomic E-state index is 0.323. The Balaban J connectivity index is 2.49. The van der Waals surface area contributed by atoms with Gasteiger partial charge in [0.25, 0.3) is 0 Å². The van der Waals surface area contributed by atoms with Crippen LogP contribution in [-0.2, 0) is 0 Å². The van der Waals surface area contributed by atoms with Gasteiger partial charge in [0, 0.05) is 12.8 Å². The number of rotatable bonds is 0. The largest absolute Gasteiger partial charge is 0.314 e. The Bertz CT molecular complexity index is 153. The molecule has 1 aliphatic carbocycles.